The Morgan fingerprint density at radius 2 is 1.81 bits per heavy atom. The molecule has 1 aromatic rings. The molecule has 2 aliphatic carbocycles. The van der Waals surface area contributed by atoms with Crippen molar-refractivity contribution in [1.29, 1.82) is 0 Å². The largest absolute Gasteiger partial charge is 0.382 e. The zero-order chi connectivity index (χ0) is 14.9. The summed E-state index contributed by atoms with van der Waals surface area (Å²) in [5, 5.41) is 3.56. The van der Waals surface area contributed by atoms with E-state index in [1.807, 2.05) is 12.1 Å². The minimum Gasteiger partial charge on any atom is -0.382 e. The Balaban J connectivity index is 1.67. The van der Waals surface area contributed by atoms with Gasteiger partial charge in [0.15, 0.2) is 9.84 Å². The third kappa shape index (κ3) is 3.60. The molecule has 1 aromatic carbocycles. The van der Waals surface area contributed by atoms with E-state index in [2.05, 4.69) is 5.32 Å². The molecular weight excluding hydrogens is 282 g/mol. The number of hydrogen-bond acceptors (Lipinski definition) is 3. The highest BCUT2D eigenvalue weighted by atomic mass is 32.2. The van der Waals surface area contributed by atoms with E-state index in [-0.39, 0.29) is 0 Å². The Hall–Kier alpha value is -1.03. The Labute approximate surface area is 128 Å². The average molecular weight is 307 g/mol. The first-order valence-corrected chi connectivity index (χ1v) is 9.98. The monoisotopic (exact) mass is 307 g/mol. The van der Waals surface area contributed by atoms with Gasteiger partial charge in [0.25, 0.3) is 0 Å². The molecule has 3 atom stereocenters. The average Bonchev–Trinajstić information content (AvgIpc) is 2.46. The first-order valence-electron chi connectivity index (χ1n) is 8.09. The second-order valence-electron chi connectivity index (χ2n) is 6.76. The molecular formula is C17H25NO2S. The fraction of sp³-hybridized carbons (Fsp3) is 0.647. The summed E-state index contributed by atoms with van der Waals surface area (Å²) in [5.41, 5.74) is 0.942. The van der Waals surface area contributed by atoms with E-state index in [0.29, 0.717) is 10.9 Å². The number of anilines is 1. The lowest BCUT2D eigenvalue weighted by molar-refractivity contribution is 0.162. The summed E-state index contributed by atoms with van der Waals surface area (Å²) in [6.07, 6.45) is 10.6. The fourth-order valence-corrected chi connectivity index (χ4v) is 4.72. The highest BCUT2D eigenvalue weighted by Crippen LogP contribution is 2.41. The molecule has 0 saturated heterocycles. The predicted octanol–water partition coefficient (Wildman–Crippen LogP) is 3.86. The van der Waals surface area contributed by atoms with Crippen LogP contribution >= 0.6 is 0 Å². The summed E-state index contributed by atoms with van der Waals surface area (Å²) in [7, 11) is -3.13. The van der Waals surface area contributed by atoms with Gasteiger partial charge in [-0.1, -0.05) is 31.7 Å². The smallest absolute Gasteiger partial charge is 0.175 e. The van der Waals surface area contributed by atoms with E-state index in [0.717, 1.165) is 17.5 Å². The minimum atomic E-state index is -3.13. The second-order valence-corrected chi connectivity index (χ2v) is 8.77. The SMILES string of the molecule is CS(=O)(=O)c1cccc(NC2CCC3CCCCC3C2)c1. The second kappa shape index (κ2) is 5.99. The van der Waals surface area contributed by atoms with Crippen molar-refractivity contribution in [2.45, 2.75) is 55.9 Å². The van der Waals surface area contributed by atoms with Crippen LogP contribution in [-0.2, 0) is 9.84 Å². The van der Waals surface area contributed by atoms with Crippen LogP contribution in [0.5, 0.6) is 0 Å². The van der Waals surface area contributed by atoms with Crippen molar-refractivity contribution in [3.8, 4) is 0 Å². The van der Waals surface area contributed by atoms with Gasteiger partial charge in [-0.05, 0) is 49.3 Å². The Morgan fingerprint density at radius 3 is 2.57 bits per heavy atom. The maximum atomic E-state index is 11.6. The molecule has 21 heavy (non-hydrogen) atoms. The number of benzene rings is 1. The summed E-state index contributed by atoms with van der Waals surface area (Å²) in [6.45, 7) is 0. The van der Waals surface area contributed by atoms with E-state index < -0.39 is 9.84 Å². The third-order valence-electron chi connectivity index (χ3n) is 5.17. The van der Waals surface area contributed by atoms with Gasteiger partial charge in [-0.3, -0.25) is 0 Å². The molecule has 0 radical (unpaired) electrons. The number of hydrogen-bond donors (Lipinski definition) is 1. The molecule has 116 valence electrons. The molecule has 0 bridgehead atoms. The first kappa shape index (κ1) is 14.9. The van der Waals surface area contributed by atoms with Gasteiger partial charge >= 0.3 is 0 Å². The van der Waals surface area contributed by atoms with Gasteiger partial charge in [-0.15, -0.1) is 0 Å². The summed E-state index contributed by atoms with van der Waals surface area (Å²) in [6, 6.07) is 7.73. The summed E-state index contributed by atoms with van der Waals surface area (Å²) in [4.78, 5) is 0.402. The lowest BCUT2D eigenvalue weighted by atomic mass is 9.69. The van der Waals surface area contributed by atoms with Gasteiger partial charge < -0.3 is 5.32 Å². The van der Waals surface area contributed by atoms with Crippen molar-refractivity contribution in [3.63, 3.8) is 0 Å². The van der Waals surface area contributed by atoms with Crippen LogP contribution in [0.2, 0.25) is 0 Å². The van der Waals surface area contributed by atoms with E-state index in [1.165, 1.54) is 51.2 Å². The van der Waals surface area contributed by atoms with Gasteiger partial charge in [0, 0.05) is 18.0 Å². The number of fused-ring (bicyclic) bond motifs is 1. The summed E-state index contributed by atoms with van der Waals surface area (Å²) in [5.74, 6) is 1.82. The number of sulfone groups is 1. The Bertz CT molecular complexity index is 597. The van der Waals surface area contributed by atoms with Crippen molar-refractivity contribution in [3.05, 3.63) is 24.3 Å². The molecule has 2 aliphatic rings. The van der Waals surface area contributed by atoms with Crippen LogP contribution in [0.4, 0.5) is 5.69 Å². The zero-order valence-corrected chi connectivity index (χ0v) is 13.5. The quantitative estimate of drug-likeness (QED) is 0.922. The molecule has 4 heteroatoms. The van der Waals surface area contributed by atoms with Crippen molar-refractivity contribution in [2.24, 2.45) is 11.8 Å². The van der Waals surface area contributed by atoms with Crippen molar-refractivity contribution >= 4 is 15.5 Å². The fourth-order valence-electron chi connectivity index (χ4n) is 4.06. The van der Waals surface area contributed by atoms with Crippen molar-refractivity contribution in [2.75, 3.05) is 11.6 Å². The minimum absolute atomic E-state index is 0.402. The first-order chi connectivity index (χ1) is 10.0. The number of nitrogens with one attached hydrogen (secondary N) is 1. The lowest BCUT2D eigenvalue weighted by Gasteiger charge is -2.39. The normalized spacial score (nSPS) is 29.7. The van der Waals surface area contributed by atoms with Crippen LogP contribution in [0.25, 0.3) is 0 Å². The van der Waals surface area contributed by atoms with Crippen LogP contribution in [0.1, 0.15) is 44.9 Å². The molecule has 2 fully saturated rings. The third-order valence-corrected chi connectivity index (χ3v) is 6.28. The van der Waals surface area contributed by atoms with Crippen molar-refractivity contribution in [1.82, 2.24) is 0 Å². The van der Waals surface area contributed by atoms with Gasteiger partial charge in [-0.2, -0.15) is 0 Å². The van der Waals surface area contributed by atoms with E-state index in [4.69, 9.17) is 0 Å². The molecule has 3 nitrogen and oxygen atoms in total. The summed E-state index contributed by atoms with van der Waals surface area (Å²) >= 11 is 0. The molecule has 0 heterocycles. The zero-order valence-electron chi connectivity index (χ0n) is 12.7. The van der Waals surface area contributed by atoms with Gasteiger partial charge in [0.1, 0.15) is 0 Å². The van der Waals surface area contributed by atoms with Crippen LogP contribution in [0.15, 0.2) is 29.2 Å². The van der Waals surface area contributed by atoms with Gasteiger partial charge in [0.05, 0.1) is 4.90 Å². The highest BCUT2D eigenvalue weighted by molar-refractivity contribution is 7.90. The highest BCUT2D eigenvalue weighted by Gasteiger charge is 2.32. The van der Waals surface area contributed by atoms with Crippen LogP contribution in [-0.4, -0.2) is 20.7 Å². The molecule has 0 amide bonds. The van der Waals surface area contributed by atoms with Crippen LogP contribution in [0, 0.1) is 11.8 Å². The maximum absolute atomic E-state index is 11.6. The van der Waals surface area contributed by atoms with Gasteiger partial charge in [0.2, 0.25) is 0 Å². The van der Waals surface area contributed by atoms with Crippen LogP contribution in [0.3, 0.4) is 0 Å². The predicted molar refractivity (Wildman–Crippen MR) is 86.3 cm³/mol. The summed E-state index contributed by atoms with van der Waals surface area (Å²) < 4.78 is 23.3. The van der Waals surface area contributed by atoms with E-state index in [9.17, 15) is 8.42 Å². The Kier molecular flexibility index (Phi) is 4.25. The molecule has 0 aliphatic heterocycles. The van der Waals surface area contributed by atoms with E-state index >= 15 is 0 Å². The lowest BCUT2D eigenvalue weighted by Crippen LogP contribution is -2.34. The van der Waals surface area contributed by atoms with Crippen molar-refractivity contribution < 1.29 is 8.42 Å². The Morgan fingerprint density at radius 1 is 1.05 bits per heavy atom. The van der Waals surface area contributed by atoms with Crippen LogP contribution < -0.4 is 5.32 Å². The van der Waals surface area contributed by atoms with Gasteiger partial charge in [-0.25, -0.2) is 8.42 Å². The molecule has 0 spiro atoms. The maximum Gasteiger partial charge on any atom is 0.175 e. The number of rotatable bonds is 3. The molecule has 3 rings (SSSR count). The molecule has 3 unspecified atom stereocenters. The molecule has 2 saturated carbocycles. The standard InChI is InChI=1S/C17H25NO2S/c1-21(19,20)17-8-4-7-15(12-17)18-16-10-9-13-5-2-3-6-14(13)11-16/h4,7-8,12-14,16,18H,2-3,5-6,9-11H2,1H3. The molecule has 1 N–H and O–H groups in total. The molecule has 0 aromatic heterocycles. The van der Waals surface area contributed by atoms with E-state index in [1.54, 1.807) is 12.1 Å². The topological polar surface area (TPSA) is 46.2 Å².